The molecule has 0 aliphatic rings. The van der Waals surface area contributed by atoms with Crippen molar-refractivity contribution in [3.05, 3.63) is 41.7 Å². The third-order valence-electron chi connectivity index (χ3n) is 4.67. The summed E-state index contributed by atoms with van der Waals surface area (Å²) >= 11 is 0. The lowest BCUT2D eigenvalue weighted by molar-refractivity contribution is 0.295. The molecule has 0 radical (unpaired) electrons. The highest BCUT2D eigenvalue weighted by atomic mass is 19.1. The molecule has 0 atom stereocenters. The molecule has 0 aliphatic carbocycles. The normalized spacial score (nSPS) is 10.6. The monoisotopic (exact) mass is 306 g/mol. The molecule has 0 spiro atoms. The van der Waals surface area contributed by atoms with Gasteiger partial charge in [0, 0.05) is 5.56 Å². The maximum Gasteiger partial charge on any atom is 0.130 e. The molecule has 0 unspecified atom stereocenters. The van der Waals surface area contributed by atoms with E-state index in [-0.39, 0.29) is 5.82 Å². The van der Waals surface area contributed by atoms with Crippen LogP contribution in [0.25, 0.3) is 5.57 Å². The molecule has 1 aromatic carbocycles. The second kappa shape index (κ2) is 11.5. The Morgan fingerprint density at radius 2 is 1.41 bits per heavy atom. The fourth-order valence-corrected chi connectivity index (χ4v) is 3.04. The van der Waals surface area contributed by atoms with Gasteiger partial charge < -0.3 is 0 Å². The molecule has 0 amide bonds. The standard InChI is InChI=1S/C11H13F.C10H22/c1-4-9-5-6-10(8(2)3)11(12)7-9;1-5-9(6-2)10(7-3)8-4/h5-7H,2,4H2,1,3H3;9-10H,5-8H2,1-4H3. The summed E-state index contributed by atoms with van der Waals surface area (Å²) in [5.74, 6) is 1.80. The molecule has 1 aromatic rings. The van der Waals surface area contributed by atoms with E-state index in [1.807, 2.05) is 19.9 Å². The Kier molecular flexibility index (Phi) is 10.9. The van der Waals surface area contributed by atoms with Crippen LogP contribution in [0.1, 0.15) is 78.4 Å². The van der Waals surface area contributed by atoms with Crippen LogP contribution in [0.3, 0.4) is 0 Å². The van der Waals surface area contributed by atoms with Crippen LogP contribution in [-0.4, -0.2) is 0 Å². The van der Waals surface area contributed by atoms with E-state index in [2.05, 4.69) is 34.3 Å². The molecule has 0 aliphatic heterocycles. The van der Waals surface area contributed by atoms with E-state index in [9.17, 15) is 4.39 Å². The van der Waals surface area contributed by atoms with Crippen molar-refractivity contribution in [2.45, 2.75) is 73.6 Å². The number of hydrogen-bond donors (Lipinski definition) is 0. The molecule has 1 rings (SSSR count). The summed E-state index contributed by atoms with van der Waals surface area (Å²) in [6.45, 7) is 16.8. The van der Waals surface area contributed by atoms with Crippen LogP contribution in [0.2, 0.25) is 0 Å². The third kappa shape index (κ3) is 6.77. The molecular weight excluding hydrogens is 271 g/mol. The van der Waals surface area contributed by atoms with Gasteiger partial charge in [-0.25, -0.2) is 4.39 Å². The minimum Gasteiger partial charge on any atom is -0.206 e. The van der Waals surface area contributed by atoms with Crippen molar-refractivity contribution in [3.63, 3.8) is 0 Å². The maximum atomic E-state index is 13.2. The van der Waals surface area contributed by atoms with E-state index in [0.717, 1.165) is 29.4 Å². The van der Waals surface area contributed by atoms with Gasteiger partial charge in [-0.2, -0.15) is 0 Å². The summed E-state index contributed by atoms with van der Waals surface area (Å²) in [7, 11) is 0. The zero-order valence-corrected chi connectivity index (χ0v) is 15.5. The first-order valence-corrected chi connectivity index (χ1v) is 8.89. The molecular formula is C21H35F. The minimum absolute atomic E-state index is 0.165. The molecule has 126 valence electrons. The average Bonchev–Trinajstić information content (AvgIpc) is 2.52. The zero-order chi connectivity index (χ0) is 17.1. The minimum atomic E-state index is -0.165. The van der Waals surface area contributed by atoms with E-state index >= 15 is 0 Å². The first kappa shape index (κ1) is 20.9. The maximum absolute atomic E-state index is 13.2. The summed E-state index contributed by atoms with van der Waals surface area (Å²) in [5, 5.41) is 0. The lowest BCUT2D eigenvalue weighted by Gasteiger charge is -2.22. The molecule has 0 bridgehead atoms. The van der Waals surface area contributed by atoms with E-state index in [4.69, 9.17) is 0 Å². The Hall–Kier alpha value is -1.11. The lowest BCUT2D eigenvalue weighted by Crippen LogP contribution is -2.11. The highest BCUT2D eigenvalue weighted by Gasteiger charge is 2.13. The second-order valence-corrected chi connectivity index (χ2v) is 6.10. The van der Waals surface area contributed by atoms with Crippen LogP contribution in [0, 0.1) is 17.7 Å². The Labute approximate surface area is 137 Å². The summed E-state index contributed by atoms with van der Waals surface area (Å²) in [4.78, 5) is 0. The van der Waals surface area contributed by atoms with Crippen molar-refractivity contribution >= 4 is 5.57 Å². The quantitative estimate of drug-likeness (QED) is 0.496. The molecule has 22 heavy (non-hydrogen) atoms. The number of hydrogen-bond acceptors (Lipinski definition) is 0. The zero-order valence-electron chi connectivity index (χ0n) is 15.5. The predicted molar refractivity (Wildman–Crippen MR) is 98.6 cm³/mol. The number of halogens is 1. The topological polar surface area (TPSA) is 0 Å². The van der Waals surface area contributed by atoms with Gasteiger partial charge in [0.1, 0.15) is 5.82 Å². The van der Waals surface area contributed by atoms with Gasteiger partial charge in [0.15, 0.2) is 0 Å². The Bertz CT molecular complexity index is 416. The summed E-state index contributed by atoms with van der Waals surface area (Å²) in [6, 6.07) is 5.30. The molecule has 0 saturated carbocycles. The average molecular weight is 307 g/mol. The predicted octanol–water partition coefficient (Wildman–Crippen LogP) is 7.28. The number of aryl methyl sites for hydroxylation is 1. The molecule has 0 N–H and O–H groups in total. The van der Waals surface area contributed by atoms with Crippen LogP contribution in [0.4, 0.5) is 4.39 Å². The lowest BCUT2D eigenvalue weighted by atomic mass is 9.84. The van der Waals surface area contributed by atoms with Crippen LogP contribution in [0.15, 0.2) is 24.8 Å². The van der Waals surface area contributed by atoms with Gasteiger partial charge >= 0.3 is 0 Å². The van der Waals surface area contributed by atoms with Crippen LogP contribution in [0.5, 0.6) is 0 Å². The van der Waals surface area contributed by atoms with E-state index < -0.39 is 0 Å². The molecule has 1 heteroatoms. The fraction of sp³-hybridized carbons (Fsp3) is 0.619. The van der Waals surface area contributed by atoms with Crippen molar-refractivity contribution in [1.29, 1.82) is 0 Å². The van der Waals surface area contributed by atoms with Gasteiger partial charge in [0.2, 0.25) is 0 Å². The molecule has 0 heterocycles. The van der Waals surface area contributed by atoms with E-state index in [1.165, 1.54) is 25.7 Å². The smallest absolute Gasteiger partial charge is 0.130 e. The van der Waals surface area contributed by atoms with Crippen molar-refractivity contribution in [3.8, 4) is 0 Å². The van der Waals surface area contributed by atoms with Crippen molar-refractivity contribution in [2.75, 3.05) is 0 Å². The first-order valence-electron chi connectivity index (χ1n) is 8.89. The molecule has 0 saturated heterocycles. The van der Waals surface area contributed by atoms with Gasteiger partial charge in [-0.3, -0.25) is 0 Å². The fourth-order valence-electron chi connectivity index (χ4n) is 3.04. The first-order chi connectivity index (χ1) is 10.4. The van der Waals surface area contributed by atoms with Gasteiger partial charge in [0.05, 0.1) is 0 Å². The van der Waals surface area contributed by atoms with E-state index in [0.29, 0.717) is 5.56 Å². The van der Waals surface area contributed by atoms with Gasteiger partial charge in [-0.1, -0.05) is 79.0 Å². The van der Waals surface area contributed by atoms with Crippen molar-refractivity contribution < 1.29 is 4.39 Å². The Morgan fingerprint density at radius 3 is 1.68 bits per heavy atom. The van der Waals surface area contributed by atoms with Gasteiger partial charge in [-0.15, -0.1) is 0 Å². The largest absolute Gasteiger partial charge is 0.206 e. The second-order valence-electron chi connectivity index (χ2n) is 6.10. The SMILES string of the molecule is C=C(C)c1ccc(CC)cc1F.CCC(CC)C(CC)CC. The highest BCUT2D eigenvalue weighted by Crippen LogP contribution is 2.24. The third-order valence-corrected chi connectivity index (χ3v) is 4.67. The van der Waals surface area contributed by atoms with Crippen molar-refractivity contribution in [1.82, 2.24) is 0 Å². The Balaban J connectivity index is 0.000000409. The summed E-state index contributed by atoms with van der Waals surface area (Å²) in [5.41, 5.74) is 2.42. The van der Waals surface area contributed by atoms with Crippen LogP contribution >= 0.6 is 0 Å². The molecule has 0 fully saturated rings. The van der Waals surface area contributed by atoms with Crippen molar-refractivity contribution in [2.24, 2.45) is 11.8 Å². The molecule has 0 nitrogen and oxygen atoms in total. The van der Waals surface area contributed by atoms with E-state index in [1.54, 1.807) is 12.1 Å². The van der Waals surface area contributed by atoms with Crippen LogP contribution < -0.4 is 0 Å². The van der Waals surface area contributed by atoms with Gasteiger partial charge in [-0.05, 0) is 42.4 Å². The Morgan fingerprint density at radius 1 is 0.955 bits per heavy atom. The number of allylic oxidation sites excluding steroid dienone is 1. The molecule has 0 aromatic heterocycles. The number of rotatable bonds is 7. The summed E-state index contributed by atoms with van der Waals surface area (Å²) < 4.78 is 13.2. The number of benzene rings is 1. The van der Waals surface area contributed by atoms with Gasteiger partial charge in [0.25, 0.3) is 0 Å². The van der Waals surface area contributed by atoms with Crippen LogP contribution in [-0.2, 0) is 6.42 Å². The highest BCUT2D eigenvalue weighted by molar-refractivity contribution is 5.62. The summed E-state index contributed by atoms with van der Waals surface area (Å²) in [6.07, 6.45) is 6.32.